The molecule has 0 fully saturated rings. The number of nitro benzene ring substituents is 2. The second-order valence-corrected chi connectivity index (χ2v) is 6.97. The number of hydrogen-bond donors (Lipinski definition) is 1. The number of carbonyl (C=O) groups excluding carboxylic acids is 1. The first-order valence-corrected chi connectivity index (χ1v) is 9.48. The molecule has 4 aromatic rings. The van der Waals surface area contributed by atoms with E-state index >= 15 is 0 Å². The second kappa shape index (κ2) is 8.30. The van der Waals surface area contributed by atoms with Crippen LogP contribution in [0, 0.1) is 27.2 Å². The van der Waals surface area contributed by atoms with Gasteiger partial charge in [0.15, 0.2) is 5.65 Å². The van der Waals surface area contributed by atoms with Crippen molar-refractivity contribution in [3.63, 3.8) is 0 Å². The summed E-state index contributed by atoms with van der Waals surface area (Å²) in [6.07, 6.45) is 2.36. The van der Waals surface area contributed by atoms with Crippen LogP contribution in [0.25, 0.3) is 16.7 Å². The van der Waals surface area contributed by atoms with E-state index in [1.807, 2.05) is 0 Å². The Kier molecular flexibility index (Phi) is 5.36. The summed E-state index contributed by atoms with van der Waals surface area (Å²) in [6.45, 7) is 1.10. The monoisotopic (exact) mass is 449 g/mol. The van der Waals surface area contributed by atoms with Gasteiger partial charge in [0.1, 0.15) is 23.9 Å². The van der Waals surface area contributed by atoms with E-state index in [-0.39, 0.29) is 39.3 Å². The summed E-state index contributed by atoms with van der Waals surface area (Å²) in [5.74, 6) is -0.590. The van der Waals surface area contributed by atoms with Gasteiger partial charge >= 0.3 is 0 Å². The van der Waals surface area contributed by atoms with Gasteiger partial charge in [-0.2, -0.15) is 5.10 Å². The highest BCUT2D eigenvalue weighted by Gasteiger charge is 2.20. The summed E-state index contributed by atoms with van der Waals surface area (Å²) in [7, 11) is 0. The Hall–Kier alpha value is -4.94. The molecule has 2 aromatic carbocycles. The number of para-hydroxylation sites is 2. The van der Waals surface area contributed by atoms with Crippen LogP contribution in [0.5, 0.6) is 0 Å². The molecule has 0 radical (unpaired) electrons. The number of nitrogens with zero attached hydrogens (tertiary/aromatic N) is 6. The number of nitro groups is 2. The number of anilines is 1. The fourth-order valence-electron chi connectivity index (χ4n) is 3.34. The van der Waals surface area contributed by atoms with E-state index in [0.717, 1.165) is 10.9 Å². The lowest BCUT2D eigenvalue weighted by atomic mass is 10.1. The highest BCUT2D eigenvalue weighted by atomic mass is 16.6. The van der Waals surface area contributed by atoms with Gasteiger partial charge in [0.25, 0.3) is 16.9 Å². The van der Waals surface area contributed by atoms with E-state index in [0.29, 0.717) is 0 Å². The molecule has 0 aliphatic heterocycles. The largest absolute Gasteiger partial charge is 0.324 e. The normalized spacial score (nSPS) is 10.8. The van der Waals surface area contributed by atoms with Crippen LogP contribution < -0.4 is 10.9 Å². The van der Waals surface area contributed by atoms with Crippen LogP contribution in [-0.2, 0) is 11.3 Å². The molecule has 2 aromatic heterocycles. The molecule has 166 valence electrons. The topological polar surface area (TPSA) is 168 Å². The highest BCUT2D eigenvalue weighted by molar-refractivity contribution is 5.92. The van der Waals surface area contributed by atoms with E-state index in [1.54, 1.807) is 6.07 Å². The molecule has 13 nitrogen and oxygen atoms in total. The van der Waals surface area contributed by atoms with Crippen LogP contribution in [0.1, 0.15) is 5.56 Å². The first-order valence-electron chi connectivity index (χ1n) is 9.48. The third-order valence-electron chi connectivity index (χ3n) is 4.95. The van der Waals surface area contributed by atoms with Crippen molar-refractivity contribution in [1.82, 2.24) is 19.3 Å². The number of rotatable bonds is 6. The van der Waals surface area contributed by atoms with Crippen molar-refractivity contribution in [3.05, 3.63) is 91.1 Å². The van der Waals surface area contributed by atoms with Crippen LogP contribution in [0.4, 0.5) is 17.1 Å². The average Bonchev–Trinajstić information content (AvgIpc) is 3.21. The van der Waals surface area contributed by atoms with Crippen molar-refractivity contribution >= 4 is 34.0 Å². The predicted molar refractivity (Wildman–Crippen MR) is 116 cm³/mol. The molecule has 0 saturated carbocycles. The fraction of sp³-hybridized carbons (Fsp3) is 0.100. The van der Waals surface area contributed by atoms with Gasteiger partial charge in [0, 0.05) is 12.1 Å². The van der Waals surface area contributed by atoms with Crippen LogP contribution in [0.3, 0.4) is 0 Å². The number of fused-ring (bicyclic) bond motifs is 1. The summed E-state index contributed by atoms with van der Waals surface area (Å²) in [5.41, 5.74) is -0.157. The minimum Gasteiger partial charge on any atom is -0.324 e. The summed E-state index contributed by atoms with van der Waals surface area (Å²) >= 11 is 0. The van der Waals surface area contributed by atoms with Crippen molar-refractivity contribution < 1.29 is 14.6 Å². The van der Waals surface area contributed by atoms with Gasteiger partial charge in [-0.1, -0.05) is 18.2 Å². The summed E-state index contributed by atoms with van der Waals surface area (Å²) in [6, 6.07) is 10.2. The fourth-order valence-corrected chi connectivity index (χ4v) is 3.34. The number of hydrogen-bond acceptors (Lipinski definition) is 8. The van der Waals surface area contributed by atoms with Gasteiger partial charge in [-0.3, -0.25) is 34.4 Å². The molecule has 0 aliphatic rings. The first kappa shape index (κ1) is 21.3. The van der Waals surface area contributed by atoms with Crippen LogP contribution in [0.2, 0.25) is 0 Å². The summed E-state index contributed by atoms with van der Waals surface area (Å²) in [4.78, 5) is 50.8. The number of benzene rings is 2. The zero-order valence-electron chi connectivity index (χ0n) is 17.0. The van der Waals surface area contributed by atoms with Gasteiger partial charge < -0.3 is 5.32 Å². The van der Waals surface area contributed by atoms with E-state index in [2.05, 4.69) is 15.4 Å². The molecular formula is C20H15N7O6. The molecule has 0 bridgehead atoms. The Labute approximate surface area is 184 Å². The van der Waals surface area contributed by atoms with Gasteiger partial charge in [0.05, 0.1) is 27.3 Å². The smallest absolute Gasteiger partial charge is 0.294 e. The molecule has 0 spiro atoms. The van der Waals surface area contributed by atoms with E-state index in [4.69, 9.17) is 0 Å². The minimum atomic E-state index is -0.590. The maximum absolute atomic E-state index is 12.9. The SMILES string of the molecule is Cc1c(NC(=O)Cn2cnc3c(cnn3-c3ccccc3[N+](=O)[O-])c2=O)cccc1[N+](=O)[O-]. The van der Waals surface area contributed by atoms with Gasteiger partial charge in [0.2, 0.25) is 5.91 Å². The van der Waals surface area contributed by atoms with E-state index < -0.39 is 27.9 Å². The molecule has 0 atom stereocenters. The molecule has 13 heteroatoms. The third kappa shape index (κ3) is 3.89. The lowest BCUT2D eigenvalue weighted by Gasteiger charge is -2.10. The Balaban J connectivity index is 1.64. The first-order chi connectivity index (χ1) is 15.8. The van der Waals surface area contributed by atoms with Crippen molar-refractivity contribution in [3.8, 4) is 5.69 Å². The number of aromatic nitrogens is 4. The Morgan fingerprint density at radius 2 is 1.76 bits per heavy atom. The summed E-state index contributed by atoms with van der Waals surface area (Å²) in [5, 5.41) is 29.1. The van der Waals surface area contributed by atoms with E-state index in [1.165, 1.54) is 54.2 Å². The van der Waals surface area contributed by atoms with Crippen molar-refractivity contribution in [2.24, 2.45) is 0 Å². The summed E-state index contributed by atoms with van der Waals surface area (Å²) < 4.78 is 2.24. The zero-order chi connectivity index (χ0) is 23.7. The van der Waals surface area contributed by atoms with Crippen LogP contribution in [0.15, 0.2) is 59.8 Å². The van der Waals surface area contributed by atoms with E-state index in [9.17, 15) is 29.8 Å². The van der Waals surface area contributed by atoms with Crippen molar-refractivity contribution in [1.29, 1.82) is 0 Å². The lowest BCUT2D eigenvalue weighted by Crippen LogP contribution is -2.28. The molecule has 0 saturated heterocycles. The third-order valence-corrected chi connectivity index (χ3v) is 4.95. The second-order valence-electron chi connectivity index (χ2n) is 6.97. The Morgan fingerprint density at radius 1 is 1.06 bits per heavy atom. The van der Waals surface area contributed by atoms with Crippen LogP contribution >= 0.6 is 0 Å². The Bertz CT molecular complexity index is 1490. The maximum atomic E-state index is 12.9. The average molecular weight is 449 g/mol. The van der Waals surface area contributed by atoms with Gasteiger partial charge in [-0.05, 0) is 19.1 Å². The molecule has 1 N–H and O–H groups in total. The Morgan fingerprint density at radius 3 is 2.48 bits per heavy atom. The van der Waals surface area contributed by atoms with Crippen molar-refractivity contribution in [2.75, 3.05) is 5.32 Å². The zero-order valence-corrected chi connectivity index (χ0v) is 17.0. The minimum absolute atomic E-state index is 0.0648. The maximum Gasteiger partial charge on any atom is 0.294 e. The molecule has 4 rings (SSSR count). The molecule has 0 aliphatic carbocycles. The number of nitrogens with one attached hydrogen (secondary N) is 1. The highest BCUT2D eigenvalue weighted by Crippen LogP contribution is 2.25. The molecule has 33 heavy (non-hydrogen) atoms. The molecule has 2 heterocycles. The number of carbonyl (C=O) groups is 1. The predicted octanol–water partition coefficient (Wildman–Crippen LogP) is 2.35. The van der Waals surface area contributed by atoms with Crippen molar-refractivity contribution in [2.45, 2.75) is 13.5 Å². The van der Waals surface area contributed by atoms with Gasteiger partial charge in [-0.15, -0.1) is 0 Å². The lowest BCUT2D eigenvalue weighted by molar-refractivity contribution is -0.385. The molecular weight excluding hydrogens is 434 g/mol. The molecule has 1 amide bonds. The van der Waals surface area contributed by atoms with Gasteiger partial charge in [-0.25, -0.2) is 9.67 Å². The number of amides is 1. The van der Waals surface area contributed by atoms with Crippen LogP contribution in [-0.4, -0.2) is 35.1 Å². The quantitative estimate of drug-likeness (QED) is 0.345. The standard InChI is InChI=1S/C20H15N7O6/c1-12-14(5-4-8-15(12)26(30)31)23-18(28)10-24-11-21-19-13(20(24)29)9-22-25(19)16-6-2-3-7-17(16)27(32)33/h2-9,11H,10H2,1H3,(H,23,28). The molecule has 0 unspecified atom stereocenters.